The summed E-state index contributed by atoms with van der Waals surface area (Å²) in [7, 11) is 0. The standard InChI is InChI=1S/C14H25N3/c1-5-8-9-13-16-11(4)12(7-3)14(17-13)15-10-6-2/h5-10H2,1-4H3,(H,15,16,17). The van der Waals surface area contributed by atoms with Crippen LogP contribution in [0.3, 0.4) is 0 Å². The Bertz CT molecular complexity index is 348. The van der Waals surface area contributed by atoms with E-state index in [0.29, 0.717) is 0 Å². The highest BCUT2D eigenvalue weighted by Gasteiger charge is 2.09. The molecule has 0 aliphatic carbocycles. The average molecular weight is 235 g/mol. The van der Waals surface area contributed by atoms with Crippen molar-refractivity contribution in [1.29, 1.82) is 0 Å². The monoisotopic (exact) mass is 235 g/mol. The number of aromatic nitrogens is 2. The molecule has 0 saturated carbocycles. The zero-order valence-corrected chi connectivity index (χ0v) is 11.6. The summed E-state index contributed by atoms with van der Waals surface area (Å²) in [5, 5.41) is 3.42. The number of anilines is 1. The minimum Gasteiger partial charge on any atom is -0.370 e. The number of nitrogens with zero attached hydrogens (tertiary/aromatic N) is 2. The minimum absolute atomic E-state index is 0.983. The van der Waals surface area contributed by atoms with Gasteiger partial charge in [-0.15, -0.1) is 0 Å². The predicted octanol–water partition coefficient (Wildman–Crippen LogP) is 3.51. The van der Waals surface area contributed by atoms with Gasteiger partial charge in [-0.1, -0.05) is 27.2 Å². The van der Waals surface area contributed by atoms with Crippen molar-refractivity contribution >= 4 is 5.82 Å². The first-order valence-corrected chi connectivity index (χ1v) is 6.83. The molecule has 0 saturated heterocycles. The Balaban J connectivity index is 2.92. The van der Waals surface area contributed by atoms with Crippen molar-refractivity contribution in [1.82, 2.24) is 9.97 Å². The van der Waals surface area contributed by atoms with E-state index < -0.39 is 0 Å². The van der Waals surface area contributed by atoms with Crippen molar-refractivity contribution in [3.8, 4) is 0 Å². The summed E-state index contributed by atoms with van der Waals surface area (Å²) in [6.07, 6.45) is 5.46. The van der Waals surface area contributed by atoms with Crippen LogP contribution in [0.5, 0.6) is 0 Å². The molecule has 0 spiro atoms. The molecule has 3 nitrogen and oxygen atoms in total. The zero-order chi connectivity index (χ0) is 12.7. The lowest BCUT2D eigenvalue weighted by molar-refractivity contribution is 0.743. The average Bonchev–Trinajstić information content (AvgIpc) is 2.33. The Morgan fingerprint density at radius 3 is 2.41 bits per heavy atom. The van der Waals surface area contributed by atoms with E-state index in [4.69, 9.17) is 0 Å². The lowest BCUT2D eigenvalue weighted by Crippen LogP contribution is -2.10. The summed E-state index contributed by atoms with van der Waals surface area (Å²) >= 11 is 0. The van der Waals surface area contributed by atoms with Crippen LogP contribution in [-0.4, -0.2) is 16.5 Å². The van der Waals surface area contributed by atoms with Gasteiger partial charge in [0.2, 0.25) is 0 Å². The van der Waals surface area contributed by atoms with Gasteiger partial charge in [-0.3, -0.25) is 0 Å². The number of hydrogen-bond donors (Lipinski definition) is 1. The van der Waals surface area contributed by atoms with Gasteiger partial charge in [0, 0.05) is 24.2 Å². The maximum atomic E-state index is 4.66. The highest BCUT2D eigenvalue weighted by atomic mass is 15.0. The Kier molecular flexibility index (Phi) is 5.95. The van der Waals surface area contributed by atoms with Gasteiger partial charge < -0.3 is 5.32 Å². The summed E-state index contributed by atoms with van der Waals surface area (Å²) < 4.78 is 0. The summed E-state index contributed by atoms with van der Waals surface area (Å²) in [5.74, 6) is 2.04. The van der Waals surface area contributed by atoms with Gasteiger partial charge in [0.05, 0.1) is 0 Å². The summed E-state index contributed by atoms with van der Waals surface area (Å²) in [6.45, 7) is 9.60. The van der Waals surface area contributed by atoms with Crippen LogP contribution in [0.25, 0.3) is 0 Å². The van der Waals surface area contributed by atoms with Gasteiger partial charge in [0.25, 0.3) is 0 Å². The van der Waals surface area contributed by atoms with Crippen molar-refractivity contribution < 1.29 is 0 Å². The van der Waals surface area contributed by atoms with E-state index in [-0.39, 0.29) is 0 Å². The van der Waals surface area contributed by atoms with Gasteiger partial charge in [-0.25, -0.2) is 9.97 Å². The third-order valence-electron chi connectivity index (χ3n) is 2.91. The van der Waals surface area contributed by atoms with Crippen LogP contribution in [0.2, 0.25) is 0 Å². The van der Waals surface area contributed by atoms with Crippen LogP contribution >= 0.6 is 0 Å². The van der Waals surface area contributed by atoms with Crippen molar-refractivity contribution in [2.75, 3.05) is 11.9 Å². The molecular weight excluding hydrogens is 210 g/mol. The number of hydrogen-bond acceptors (Lipinski definition) is 3. The van der Waals surface area contributed by atoms with Gasteiger partial charge >= 0.3 is 0 Å². The molecule has 1 rings (SSSR count). The van der Waals surface area contributed by atoms with E-state index in [2.05, 4.69) is 43.0 Å². The van der Waals surface area contributed by atoms with Gasteiger partial charge in [0.1, 0.15) is 11.6 Å². The fourth-order valence-electron chi connectivity index (χ4n) is 1.91. The lowest BCUT2D eigenvalue weighted by atomic mass is 10.1. The van der Waals surface area contributed by atoms with Crippen LogP contribution in [0.15, 0.2) is 0 Å². The molecule has 3 heteroatoms. The first-order chi connectivity index (χ1) is 8.22. The van der Waals surface area contributed by atoms with Crippen LogP contribution in [0.4, 0.5) is 5.82 Å². The molecule has 1 aromatic heterocycles. The smallest absolute Gasteiger partial charge is 0.133 e. The molecule has 0 aromatic carbocycles. The number of aryl methyl sites for hydroxylation is 2. The van der Waals surface area contributed by atoms with E-state index in [9.17, 15) is 0 Å². The maximum Gasteiger partial charge on any atom is 0.133 e. The van der Waals surface area contributed by atoms with Crippen molar-refractivity contribution in [2.24, 2.45) is 0 Å². The van der Waals surface area contributed by atoms with Gasteiger partial charge in [-0.2, -0.15) is 0 Å². The molecule has 0 fully saturated rings. The normalized spacial score (nSPS) is 10.6. The lowest BCUT2D eigenvalue weighted by Gasteiger charge is -2.13. The van der Waals surface area contributed by atoms with E-state index in [1.165, 1.54) is 12.0 Å². The minimum atomic E-state index is 0.983. The second-order valence-corrected chi connectivity index (χ2v) is 4.44. The second-order valence-electron chi connectivity index (χ2n) is 4.44. The molecule has 1 aromatic rings. The number of nitrogens with one attached hydrogen (secondary N) is 1. The second kappa shape index (κ2) is 7.25. The molecule has 0 radical (unpaired) electrons. The first kappa shape index (κ1) is 13.9. The van der Waals surface area contributed by atoms with Gasteiger partial charge in [-0.05, 0) is 26.2 Å². The van der Waals surface area contributed by atoms with E-state index >= 15 is 0 Å². The topological polar surface area (TPSA) is 37.8 Å². The SMILES string of the molecule is CCCCc1nc(C)c(CC)c(NCCC)n1. The van der Waals surface area contributed by atoms with Gasteiger partial charge in [0.15, 0.2) is 0 Å². The molecule has 0 aliphatic rings. The summed E-state index contributed by atoms with van der Waals surface area (Å²) in [6, 6.07) is 0. The molecule has 0 atom stereocenters. The predicted molar refractivity (Wildman–Crippen MR) is 73.5 cm³/mol. The highest BCUT2D eigenvalue weighted by Crippen LogP contribution is 2.17. The van der Waals surface area contributed by atoms with Crippen molar-refractivity contribution in [3.63, 3.8) is 0 Å². The molecule has 1 heterocycles. The van der Waals surface area contributed by atoms with Crippen LogP contribution in [-0.2, 0) is 12.8 Å². The molecule has 0 unspecified atom stereocenters. The Hall–Kier alpha value is -1.12. The fraction of sp³-hybridized carbons (Fsp3) is 0.714. The van der Waals surface area contributed by atoms with E-state index in [1.54, 1.807) is 0 Å². The molecular formula is C14H25N3. The van der Waals surface area contributed by atoms with Crippen LogP contribution in [0, 0.1) is 6.92 Å². The number of rotatable bonds is 7. The highest BCUT2D eigenvalue weighted by molar-refractivity contribution is 5.46. The Labute approximate surface area is 105 Å². The molecule has 0 aliphatic heterocycles. The third kappa shape index (κ3) is 3.99. The van der Waals surface area contributed by atoms with Crippen LogP contribution < -0.4 is 5.32 Å². The molecule has 17 heavy (non-hydrogen) atoms. The zero-order valence-electron chi connectivity index (χ0n) is 11.6. The van der Waals surface area contributed by atoms with Crippen LogP contribution in [0.1, 0.15) is 57.1 Å². The molecule has 0 bridgehead atoms. The summed E-state index contributed by atoms with van der Waals surface area (Å²) in [4.78, 5) is 9.26. The Morgan fingerprint density at radius 1 is 1.06 bits per heavy atom. The Morgan fingerprint density at radius 2 is 1.82 bits per heavy atom. The van der Waals surface area contributed by atoms with Crippen molar-refractivity contribution in [3.05, 3.63) is 17.1 Å². The van der Waals surface area contributed by atoms with E-state index in [0.717, 1.165) is 49.6 Å². The number of unbranched alkanes of at least 4 members (excludes halogenated alkanes) is 1. The summed E-state index contributed by atoms with van der Waals surface area (Å²) in [5.41, 5.74) is 2.39. The van der Waals surface area contributed by atoms with Crippen molar-refractivity contribution in [2.45, 2.75) is 59.8 Å². The fourth-order valence-corrected chi connectivity index (χ4v) is 1.91. The molecule has 1 N–H and O–H groups in total. The van der Waals surface area contributed by atoms with E-state index in [1.807, 2.05) is 0 Å². The third-order valence-corrected chi connectivity index (χ3v) is 2.91. The largest absolute Gasteiger partial charge is 0.370 e. The molecule has 0 amide bonds. The molecule has 96 valence electrons. The first-order valence-electron chi connectivity index (χ1n) is 6.83. The maximum absolute atomic E-state index is 4.66. The quantitative estimate of drug-likeness (QED) is 0.786.